The zero-order valence-corrected chi connectivity index (χ0v) is 9.09. The van der Waals surface area contributed by atoms with Gasteiger partial charge < -0.3 is 4.98 Å². The van der Waals surface area contributed by atoms with Crippen LogP contribution in [0.1, 0.15) is 25.6 Å². The lowest BCUT2D eigenvalue weighted by molar-refractivity contribution is 0.746. The van der Waals surface area contributed by atoms with Crippen molar-refractivity contribution in [3.05, 3.63) is 25.9 Å². The van der Waals surface area contributed by atoms with Crippen LogP contribution in [0, 0.1) is 3.57 Å². The maximum absolute atomic E-state index is 11.1. The van der Waals surface area contributed by atoms with Crippen LogP contribution in [0.2, 0.25) is 0 Å². The summed E-state index contributed by atoms with van der Waals surface area (Å²) >= 11 is 1.97. The molecule has 0 aliphatic carbocycles. The Balaban J connectivity index is 2.76. The van der Waals surface area contributed by atoms with Crippen molar-refractivity contribution in [1.82, 2.24) is 9.97 Å². The van der Waals surface area contributed by atoms with Crippen LogP contribution in [0.3, 0.4) is 0 Å². The normalized spacial score (nSPS) is 10.2. The molecular weight excluding hydrogens is 267 g/mol. The minimum Gasteiger partial charge on any atom is -0.310 e. The molecule has 0 bridgehead atoms. The summed E-state index contributed by atoms with van der Waals surface area (Å²) in [6, 6.07) is 0. The molecule has 66 valence electrons. The standard InChI is InChI=1S/C8H11IN2O/c1-2-3-4-7-10-5-6(9)8(12)11-7/h5H,2-4H2,1H3,(H,10,11,12). The van der Waals surface area contributed by atoms with Gasteiger partial charge in [-0.05, 0) is 29.0 Å². The number of aromatic nitrogens is 2. The first-order chi connectivity index (χ1) is 5.74. The molecule has 1 aromatic rings. The third kappa shape index (κ3) is 2.58. The first kappa shape index (κ1) is 9.70. The van der Waals surface area contributed by atoms with Gasteiger partial charge in [-0.2, -0.15) is 0 Å². The Kier molecular flexibility index (Phi) is 3.71. The molecule has 0 spiro atoms. The molecule has 12 heavy (non-hydrogen) atoms. The minimum atomic E-state index is -0.0308. The molecule has 0 aliphatic rings. The summed E-state index contributed by atoms with van der Waals surface area (Å²) in [6.45, 7) is 2.12. The van der Waals surface area contributed by atoms with Gasteiger partial charge in [-0.1, -0.05) is 13.3 Å². The van der Waals surface area contributed by atoms with E-state index in [9.17, 15) is 4.79 Å². The molecule has 4 heteroatoms. The highest BCUT2D eigenvalue weighted by Gasteiger charge is 1.97. The van der Waals surface area contributed by atoms with Crippen LogP contribution in [0.25, 0.3) is 0 Å². The maximum Gasteiger partial charge on any atom is 0.264 e. The van der Waals surface area contributed by atoms with Crippen molar-refractivity contribution in [1.29, 1.82) is 0 Å². The van der Waals surface area contributed by atoms with Crippen molar-refractivity contribution in [3.63, 3.8) is 0 Å². The second-order valence-corrected chi connectivity index (χ2v) is 3.77. The molecule has 1 N–H and O–H groups in total. The maximum atomic E-state index is 11.1. The molecule has 1 aromatic heterocycles. The second kappa shape index (κ2) is 4.59. The summed E-state index contributed by atoms with van der Waals surface area (Å²) in [4.78, 5) is 17.9. The van der Waals surface area contributed by atoms with E-state index in [1.807, 2.05) is 22.6 Å². The predicted molar refractivity (Wildman–Crippen MR) is 56.2 cm³/mol. The molecule has 1 rings (SSSR count). The topological polar surface area (TPSA) is 45.8 Å². The monoisotopic (exact) mass is 278 g/mol. The van der Waals surface area contributed by atoms with Gasteiger partial charge in [0.2, 0.25) is 0 Å². The van der Waals surface area contributed by atoms with Gasteiger partial charge in [-0.25, -0.2) is 4.98 Å². The SMILES string of the molecule is CCCCc1ncc(I)c(=O)[nH]1. The first-order valence-corrected chi connectivity index (χ1v) is 5.05. The Hall–Kier alpha value is -0.390. The van der Waals surface area contributed by atoms with Crippen molar-refractivity contribution in [3.8, 4) is 0 Å². The van der Waals surface area contributed by atoms with E-state index in [2.05, 4.69) is 16.9 Å². The van der Waals surface area contributed by atoms with Crippen LogP contribution in [0.4, 0.5) is 0 Å². The highest BCUT2D eigenvalue weighted by atomic mass is 127. The average Bonchev–Trinajstić information content (AvgIpc) is 2.07. The number of aromatic amines is 1. The van der Waals surface area contributed by atoms with E-state index in [0.717, 1.165) is 25.1 Å². The molecule has 0 fully saturated rings. The van der Waals surface area contributed by atoms with Crippen LogP contribution in [0.5, 0.6) is 0 Å². The van der Waals surface area contributed by atoms with Gasteiger partial charge in [-0.15, -0.1) is 0 Å². The zero-order chi connectivity index (χ0) is 8.97. The van der Waals surface area contributed by atoms with Crippen LogP contribution in [0.15, 0.2) is 11.0 Å². The van der Waals surface area contributed by atoms with Gasteiger partial charge in [0.1, 0.15) is 5.82 Å². The van der Waals surface area contributed by atoms with Crippen LogP contribution < -0.4 is 5.56 Å². The summed E-state index contributed by atoms with van der Waals surface area (Å²) < 4.78 is 0.646. The molecule has 0 atom stereocenters. The van der Waals surface area contributed by atoms with Crippen molar-refractivity contribution < 1.29 is 0 Å². The smallest absolute Gasteiger partial charge is 0.264 e. The number of H-pyrrole nitrogens is 1. The van der Waals surface area contributed by atoms with E-state index >= 15 is 0 Å². The number of nitrogens with one attached hydrogen (secondary N) is 1. The number of unbranched alkanes of at least 4 members (excludes halogenated alkanes) is 1. The largest absolute Gasteiger partial charge is 0.310 e. The molecule has 0 saturated heterocycles. The molecule has 0 aromatic carbocycles. The van der Waals surface area contributed by atoms with Gasteiger partial charge in [-0.3, -0.25) is 4.79 Å². The first-order valence-electron chi connectivity index (χ1n) is 3.97. The molecule has 1 heterocycles. The van der Waals surface area contributed by atoms with Crippen molar-refractivity contribution in [2.24, 2.45) is 0 Å². The molecule has 0 unspecified atom stereocenters. The molecule has 0 amide bonds. The molecule has 0 radical (unpaired) electrons. The van der Waals surface area contributed by atoms with Crippen LogP contribution in [-0.2, 0) is 6.42 Å². The summed E-state index contributed by atoms with van der Waals surface area (Å²) in [5.41, 5.74) is -0.0308. The van der Waals surface area contributed by atoms with E-state index in [1.165, 1.54) is 0 Å². The molecular formula is C8H11IN2O. The van der Waals surface area contributed by atoms with Gasteiger partial charge in [0, 0.05) is 12.6 Å². The number of nitrogens with zero attached hydrogens (tertiary/aromatic N) is 1. The van der Waals surface area contributed by atoms with Crippen molar-refractivity contribution >= 4 is 22.6 Å². The Morgan fingerprint density at radius 2 is 2.42 bits per heavy atom. The molecule has 0 saturated carbocycles. The Morgan fingerprint density at radius 1 is 1.67 bits per heavy atom. The Labute approximate surface area is 84.8 Å². The summed E-state index contributed by atoms with van der Waals surface area (Å²) in [5, 5.41) is 0. The van der Waals surface area contributed by atoms with Gasteiger partial charge in [0.05, 0.1) is 3.57 Å². The third-order valence-corrected chi connectivity index (χ3v) is 2.34. The van der Waals surface area contributed by atoms with E-state index in [1.54, 1.807) is 6.20 Å². The fourth-order valence-electron chi connectivity index (χ4n) is 0.888. The number of hydrogen-bond acceptors (Lipinski definition) is 2. The summed E-state index contributed by atoms with van der Waals surface area (Å²) in [5.74, 6) is 0.794. The molecule has 3 nitrogen and oxygen atoms in total. The number of rotatable bonds is 3. The number of aryl methyl sites for hydroxylation is 1. The summed E-state index contributed by atoms with van der Waals surface area (Å²) in [7, 11) is 0. The predicted octanol–water partition coefficient (Wildman–Crippen LogP) is 1.72. The molecule has 0 aliphatic heterocycles. The van der Waals surface area contributed by atoms with E-state index in [4.69, 9.17) is 0 Å². The Morgan fingerprint density at radius 3 is 3.00 bits per heavy atom. The number of halogens is 1. The lowest BCUT2D eigenvalue weighted by atomic mass is 10.2. The second-order valence-electron chi connectivity index (χ2n) is 2.61. The fourth-order valence-corrected chi connectivity index (χ4v) is 1.16. The summed E-state index contributed by atoms with van der Waals surface area (Å²) in [6.07, 6.45) is 4.67. The quantitative estimate of drug-likeness (QED) is 0.856. The van der Waals surface area contributed by atoms with Gasteiger partial charge >= 0.3 is 0 Å². The van der Waals surface area contributed by atoms with E-state index < -0.39 is 0 Å². The average molecular weight is 278 g/mol. The van der Waals surface area contributed by atoms with E-state index in [-0.39, 0.29) is 5.56 Å². The van der Waals surface area contributed by atoms with Crippen LogP contribution in [-0.4, -0.2) is 9.97 Å². The van der Waals surface area contributed by atoms with Crippen molar-refractivity contribution in [2.45, 2.75) is 26.2 Å². The lowest BCUT2D eigenvalue weighted by Gasteiger charge is -1.97. The Bertz CT molecular complexity index is 308. The van der Waals surface area contributed by atoms with E-state index in [0.29, 0.717) is 3.57 Å². The van der Waals surface area contributed by atoms with Gasteiger partial charge in [0.15, 0.2) is 0 Å². The van der Waals surface area contributed by atoms with Gasteiger partial charge in [0.25, 0.3) is 5.56 Å². The fraction of sp³-hybridized carbons (Fsp3) is 0.500. The number of hydrogen-bond donors (Lipinski definition) is 1. The highest BCUT2D eigenvalue weighted by molar-refractivity contribution is 14.1. The zero-order valence-electron chi connectivity index (χ0n) is 6.93. The van der Waals surface area contributed by atoms with Crippen molar-refractivity contribution in [2.75, 3.05) is 0 Å². The highest BCUT2D eigenvalue weighted by Crippen LogP contribution is 1.98. The van der Waals surface area contributed by atoms with Crippen LogP contribution >= 0.6 is 22.6 Å². The third-order valence-electron chi connectivity index (χ3n) is 1.58. The lowest BCUT2D eigenvalue weighted by Crippen LogP contribution is -2.13. The minimum absolute atomic E-state index is 0.0308.